The van der Waals surface area contributed by atoms with Crippen LogP contribution in [0, 0.1) is 5.82 Å². The van der Waals surface area contributed by atoms with Crippen molar-refractivity contribution in [3.05, 3.63) is 28.5 Å². The molecule has 1 N–H and O–H groups in total. The molecule has 6 heteroatoms. The van der Waals surface area contributed by atoms with Crippen LogP contribution in [-0.4, -0.2) is 14.5 Å². The van der Waals surface area contributed by atoms with E-state index in [2.05, 4.69) is 27.6 Å². The van der Waals surface area contributed by atoms with E-state index in [4.69, 9.17) is 0 Å². The van der Waals surface area contributed by atoms with E-state index < -0.39 is 15.8 Å². The molecule has 3 nitrogen and oxygen atoms in total. The van der Waals surface area contributed by atoms with Crippen LogP contribution in [0.25, 0.3) is 0 Å². The van der Waals surface area contributed by atoms with Crippen LogP contribution in [0.15, 0.2) is 27.6 Å². The fraction of sp³-hybridized carbons (Fsp3) is 0.500. The molecule has 0 saturated carbocycles. The number of rotatable bonds is 6. The molecule has 102 valence electrons. The summed E-state index contributed by atoms with van der Waals surface area (Å²) >= 11 is 3.07. The number of unbranched alkanes of at least 4 members (excludes halogenated alkanes) is 1. The van der Waals surface area contributed by atoms with Gasteiger partial charge in [0, 0.05) is 10.5 Å². The van der Waals surface area contributed by atoms with Gasteiger partial charge in [-0.3, -0.25) is 0 Å². The topological polar surface area (TPSA) is 46.2 Å². The van der Waals surface area contributed by atoms with Crippen LogP contribution in [-0.2, 0) is 10.0 Å². The predicted octanol–water partition coefficient (Wildman–Crippen LogP) is 3.45. The van der Waals surface area contributed by atoms with Crippen LogP contribution in [0.5, 0.6) is 0 Å². The average molecular weight is 338 g/mol. The highest BCUT2D eigenvalue weighted by Gasteiger charge is 2.20. The van der Waals surface area contributed by atoms with Crippen molar-refractivity contribution in [2.45, 2.75) is 44.0 Å². The molecule has 0 fully saturated rings. The Morgan fingerprint density at radius 2 is 2.11 bits per heavy atom. The van der Waals surface area contributed by atoms with E-state index in [-0.39, 0.29) is 15.4 Å². The van der Waals surface area contributed by atoms with Gasteiger partial charge < -0.3 is 0 Å². The molecule has 0 aromatic heterocycles. The molecule has 0 aliphatic carbocycles. The van der Waals surface area contributed by atoms with Gasteiger partial charge in [-0.1, -0.05) is 19.8 Å². The summed E-state index contributed by atoms with van der Waals surface area (Å²) in [5, 5.41) is 0. The summed E-state index contributed by atoms with van der Waals surface area (Å²) < 4.78 is 39.9. The first kappa shape index (κ1) is 15.6. The normalized spacial score (nSPS) is 13.6. The zero-order valence-electron chi connectivity index (χ0n) is 10.4. The third-order valence-electron chi connectivity index (χ3n) is 2.53. The van der Waals surface area contributed by atoms with Crippen LogP contribution >= 0.6 is 15.9 Å². The molecule has 0 amide bonds. The lowest BCUT2D eigenvalue weighted by Crippen LogP contribution is -2.32. The number of sulfonamides is 1. The van der Waals surface area contributed by atoms with E-state index in [0.29, 0.717) is 0 Å². The zero-order valence-corrected chi connectivity index (χ0v) is 12.8. The van der Waals surface area contributed by atoms with Gasteiger partial charge in [-0.2, -0.15) is 0 Å². The number of halogens is 2. The fourth-order valence-corrected chi connectivity index (χ4v) is 3.92. The first-order valence-corrected chi connectivity index (χ1v) is 8.12. The Morgan fingerprint density at radius 3 is 2.67 bits per heavy atom. The fourth-order valence-electron chi connectivity index (χ4n) is 1.59. The Morgan fingerprint density at radius 1 is 1.44 bits per heavy atom. The van der Waals surface area contributed by atoms with Crippen molar-refractivity contribution >= 4 is 26.0 Å². The second-order valence-corrected chi connectivity index (χ2v) is 6.78. The predicted molar refractivity (Wildman–Crippen MR) is 73.4 cm³/mol. The van der Waals surface area contributed by atoms with E-state index in [1.54, 1.807) is 0 Å². The minimum absolute atomic E-state index is 0.0623. The van der Waals surface area contributed by atoms with Crippen molar-refractivity contribution in [3.8, 4) is 0 Å². The van der Waals surface area contributed by atoms with Gasteiger partial charge in [-0.25, -0.2) is 17.5 Å². The first-order valence-electron chi connectivity index (χ1n) is 5.84. The minimum Gasteiger partial charge on any atom is -0.208 e. The van der Waals surface area contributed by atoms with Gasteiger partial charge in [0.05, 0.1) is 4.90 Å². The summed E-state index contributed by atoms with van der Waals surface area (Å²) in [7, 11) is -3.60. The van der Waals surface area contributed by atoms with Gasteiger partial charge >= 0.3 is 0 Å². The number of hydrogen-bond donors (Lipinski definition) is 1. The summed E-state index contributed by atoms with van der Waals surface area (Å²) in [5.41, 5.74) is 0. The van der Waals surface area contributed by atoms with E-state index in [1.807, 2.05) is 6.92 Å². The van der Waals surface area contributed by atoms with Gasteiger partial charge in [-0.15, -0.1) is 0 Å². The molecular weight excluding hydrogens is 321 g/mol. The van der Waals surface area contributed by atoms with Gasteiger partial charge in [0.15, 0.2) is 0 Å². The highest BCUT2D eigenvalue weighted by Crippen LogP contribution is 2.23. The Hall–Kier alpha value is -0.460. The maximum atomic E-state index is 12.9. The molecule has 0 aliphatic heterocycles. The number of hydrogen-bond acceptors (Lipinski definition) is 2. The maximum absolute atomic E-state index is 12.9. The molecule has 1 aromatic carbocycles. The molecule has 1 unspecified atom stereocenters. The lowest BCUT2D eigenvalue weighted by molar-refractivity contribution is 0.533. The highest BCUT2D eigenvalue weighted by molar-refractivity contribution is 9.10. The van der Waals surface area contributed by atoms with E-state index in [1.165, 1.54) is 6.07 Å². The lowest BCUT2D eigenvalue weighted by atomic mass is 10.2. The van der Waals surface area contributed by atoms with Crippen LogP contribution in [0.2, 0.25) is 0 Å². The van der Waals surface area contributed by atoms with Crippen molar-refractivity contribution in [2.75, 3.05) is 0 Å². The molecule has 0 saturated heterocycles. The van der Waals surface area contributed by atoms with Crippen molar-refractivity contribution < 1.29 is 12.8 Å². The number of benzene rings is 1. The minimum atomic E-state index is -3.60. The highest BCUT2D eigenvalue weighted by atomic mass is 79.9. The van der Waals surface area contributed by atoms with E-state index in [9.17, 15) is 12.8 Å². The maximum Gasteiger partial charge on any atom is 0.241 e. The lowest BCUT2D eigenvalue weighted by Gasteiger charge is -2.14. The second kappa shape index (κ2) is 6.63. The zero-order chi connectivity index (χ0) is 13.8. The van der Waals surface area contributed by atoms with E-state index >= 15 is 0 Å². The Bertz CT molecular complexity index is 505. The first-order chi connectivity index (χ1) is 8.36. The standard InChI is InChI=1S/C12H17BrFNO2S/c1-3-4-5-9(2)15-18(16,17)12-7-6-10(14)8-11(12)13/h6-9,15H,3-5H2,1-2H3. The summed E-state index contributed by atoms with van der Waals surface area (Å²) in [6.07, 6.45) is 2.77. The van der Waals surface area contributed by atoms with Crippen LogP contribution in [0.4, 0.5) is 4.39 Å². The van der Waals surface area contributed by atoms with Crippen molar-refractivity contribution in [1.82, 2.24) is 4.72 Å². The Balaban J connectivity index is 2.86. The SMILES string of the molecule is CCCCC(C)NS(=O)(=O)c1ccc(F)cc1Br. The Labute approximate surface area is 116 Å². The van der Waals surface area contributed by atoms with Gasteiger partial charge in [0.25, 0.3) is 0 Å². The summed E-state index contributed by atoms with van der Waals surface area (Å²) in [6.45, 7) is 3.88. The Kier molecular flexibility index (Phi) is 5.75. The third kappa shape index (κ3) is 4.33. The molecule has 0 radical (unpaired) electrons. The van der Waals surface area contributed by atoms with Crippen molar-refractivity contribution in [2.24, 2.45) is 0 Å². The second-order valence-electron chi connectivity index (χ2n) is 4.24. The smallest absolute Gasteiger partial charge is 0.208 e. The van der Waals surface area contributed by atoms with Crippen LogP contribution in [0.3, 0.4) is 0 Å². The van der Waals surface area contributed by atoms with Crippen LogP contribution in [0.1, 0.15) is 33.1 Å². The average Bonchev–Trinajstić information content (AvgIpc) is 2.25. The van der Waals surface area contributed by atoms with Crippen molar-refractivity contribution in [3.63, 3.8) is 0 Å². The molecule has 1 aromatic rings. The molecular formula is C12H17BrFNO2S. The van der Waals surface area contributed by atoms with Crippen LogP contribution < -0.4 is 4.72 Å². The van der Waals surface area contributed by atoms with Gasteiger partial charge in [0.1, 0.15) is 5.82 Å². The molecule has 0 aliphatic rings. The third-order valence-corrected chi connectivity index (χ3v) is 5.10. The van der Waals surface area contributed by atoms with Crippen molar-refractivity contribution in [1.29, 1.82) is 0 Å². The summed E-state index contributed by atoms with van der Waals surface area (Å²) in [6, 6.07) is 3.40. The quantitative estimate of drug-likeness (QED) is 0.864. The van der Waals surface area contributed by atoms with Gasteiger partial charge in [0.2, 0.25) is 10.0 Å². The largest absolute Gasteiger partial charge is 0.241 e. The monoisotopic (exact) mass is 337 g/mol. The van der Waals surface area contributed by atoms with E-state index in [0.717, 1.165) is 31.4 Å². The molecule has 1 rings (SSSR count). The molecule has 0 heterocycles. The molecule has 0 spiro atoms. The van der Waals surface area contributed by atoms with Gasteiger partial charge in [-0.05, 0) is 47.5 Å². The molecule has 0 bridgehead atoms. The summed E-state index contributed by atoms with van der Waals surface area (Å²) in [4.78, 5) is 0.0623. The summed E-state index contributed by atoms with van der Waals surface area (Å²) in [5.74, 6) is -0.472. The number of nitrogens with one attached hydrogen (secondary N) is 1. The molecule has 18 heavy (non-hydrogen) atoms. The molecule has 1 atom stereocenters.